The Balaban J connectivity index is 1.72. The lowest BCUT2D eigenvalue weighted by Gasteiger charge is -2.18. The highest BCUT2D eigenvalue weighted by atomic mass is 19.3. The summed E-state index contributed by atoms with van der Waals surface area (Å²) in [6.45, 7) is -1.80. The van der Waals surface area contributed by atoms with E-state index in [9.17, 15) is 23.7 Å². The van der Waals surface area contributed by atoms with Crippen LogP contribution in [0.15, 0.2) is 65.3 Å². The maximum Gasteiger partial charge on any atom is 0.387 e. The molecule has 0 saturated carbocycles. The van der Waals surface area contributed by atoms with Gasteiger partial charge in [0.2, 0.25) is 12.5 Å². The highest BCUT2D eigenvalue weighted by Gasteiger charge is 2.28. The van der Waals surface area contributed by atoms with Crippen molar-refractivity contribution in [1.29, 1.82) is 0 Å². The number of halogens is 2. The minimum Gasteiger partial charge on any atom is -0.451 e. The molecular weight excluding hydrogens is 448 g/mol. The Morgan fingerprint density at radius 2 is 1.97 bits per heavy atom. The van der Waals surface area contributed by atoms with Gasteiger partial charge in [-0.05, 0) is 30.2 Å². The minimum atomic E-state index is -3.08. The molecule has 4 rings (SSSR count). The molecule has 0 spiro atoms. The van der Waals surface area contributed by atoms with Crippen LogP contribution in [0.4, 0.5) is 8.78 Å². The summed E-state index contributed by atoms with van der Waals surface area (Å²) in [5.74, 6) is -1.42. The van der Waals surface area contributed by atoms with Gasteiger partial charge in [-0.2, -0.15) is 8.78 Å². The number of ether oxygens (including phenoxy) is 1. The van der Waals surface area contributed by atoms with Gasteiger partial charge in [-0.25, -0.2) is 0 Å². The smallest absolute Gasteiger partial charge is 0.387 e. The average Bonchev–Trinajstić information content (AvgIpc) is 3.19. The van der Waals surface area contributed by atoms with Gasteiger partial charge in [0, 0.05) is 28.3 Å². The fourth-order valence-corrected chi connectivity index (χ4v) is 4.07. The van der Waals surface area contributed by atoms with E-state index in [4.69, 9.17) is 4.42 Å². The second-order valence-electron chi connectivity index (χ2n) is 7.83. The molecular formula is C24H21F2N3O5. The molecule has 0 saturated heterocycles. The zero-order valence-corrected chi connectivity index (χ0v) is 18.1. The minimum absolute atomic E-state index is 0.0206. The lowest BCUT2D eigenvalue weighted by atomic mass is 9.91. The molecule has 1 N–H and O–H groups in total. The van der Waals surface area contributed by atoms with Crippen LogP contribution in [0.3, 0.4) is 0 Å². The summed E-state index contributed by atoms with van der Waals surface area (Å²) in [5, 5.41) is 15.3. The fraction of sp³-hybridized carbons (Fsp3) is 0.250. The quantitative estimate of drug-likeness (QED) is 0.266. The number of aromatic nitrogens is 1. The molecule has 2 unspecified atom stereocenters. The number of alkyl halides is 2. The normalized spacial score (nSPS) is 13.2. The Morgan fingerprint density at radius 3 is 2.68 bits per heavy atom. The lowest BCUT2D eigenvalue weighted by Crippen LogP contribution is -2.29. The molecule has 0 radical (unpaired) electrons. The highest BCUT2D eigenvalue weighted by Crippen LogP contribution is 2.40. The van der Waals surface area contributed by atoms with Crippen molar-refractivity contribution in [3.63, 3.8) is 0 Å². The average molecular weight is 469 g/mol. The monoisotopic (exact) mass is 469 g/mol. The van der Waals surface area contributed by atoms with E-state index < -0.39 is 24.0 Å². The first-order valence-electron chi connectivity index (χ1n) is 10.5. The van der Waals surface area contributed by atoms with Crippen LogP contribution >= 0.6 is 0 Å². The third kappa shape index (κ3) is 4.95. The number of nitro groups is 1. The van der Waals surface area contributed by atoms with Gasteiger partial charge in [0.1, 0.15) is 0 Å². The number of hydrogen-bond acceptors (Lipinski definition) is 6. The summed E-state index contributed by atoms with van der Waals surface area (Å²) >= 11 is 0. The number of nitrogens with one attached hydrogen (secondary N) is 1. The number of pyridine rings is 1. The van der Waals surface area contributed by atoms with Gasteiger partial charge in [-0.3, -0.25) is 19.9 Å². The van der Waals surface area contributed by atoms with Crippen molar-refractivity contribution < 1.29 is 27.7 Å². The van der Waals surface area contributed by atoms with Crippen LogP contribution in [0.1, 0.15) is 36.4 Å². The second-order valence-corrected chi connectivity index (χ2v) is 7.83. The van der Waals surface area contributed by atoms with Crippen molar-refractivity contribution in [2.24, 2.45) is 0 Å². The third-order valence-corrected chi connectivity index (χ3v) is 5.55. The lowest BCUT2D eigenvalue weighted by molar-refractivity contribution is -0.483. The van der Waals surface area contributed by atoms with Crippen molar-refractivity contribution in [2.45, 2.75) is 31.9 Å². The summed E-state index contributed by atoms with van der Waals surface area (Å²) in [4.78, 5) is 27.8. The number of amides is 1. The molecule has 0 aliphatic heterocycles. The van der Waals surface area contributed by atoms with Gasteiger partial charge in [0.25, 0.3) is 0 Å². The van der Waals surface area contributed by atoms with E-state index in [1.54, 1.807) is 6.07 Å². The van der Waals surface area contributed by atoms with Crippen molar-refractivity contribution >= 4 is 27.8 Å². The molecule has 4 aromatic rings. The van der Waals surface area contributed by atoms with E-state index in [0.29, 0.717) is 21.9 Å². The Bertz CT molecular complexity index is 1330. The maximum atomic E-state index is 12.9. The summed E-state index contributed by atoms with van der Waals surface area (Å²) in [5.41, 5.74) is 1.66. The first-order chi connectivity index (χ1) is 16.3. The van der Waals surface area contributed by atoms with Gasteiger partial charge < -0.3 is 14.5 Å². The third-order valence-electron chi connectivity index (χ3n) is 5.55. The van der Waals surface area contributed by atoms with E-state index in [1.165, 1.54) is 24.5 Å². The van der Waals surface area contributed by atoms with E-state index in [2.05, 4.69) is 15.0 Å². The Morgan fingerprint density at radius 1 is 1.21 bits per heavy atom. The number of fused-ring (bicyclic) bond motifs is 3. The molecule has 2 aromatic carbocycles. The molecule has 2 aromatic heterocycles. The zero-order chi connectivity index (χ0) is 24.2. The highest BCUT2D eigenvalue weighted by molar-refractivity contribution is 6.08. The van der Waals surface area contributed by atoms with Gasteiger partial charge in [-0.15, -0.1) is 0 Å². The predicted octanol–water partition coefficient (Wildman–Crippen LogP) is 5.21. The maximum absolute atomic E-state index is 12.9. The Kier molecular flexibility index (Phi) is 6.67. The first kappa shape index (κ1) is 23.1. The van der Waals surface area contributed by atoms with Crippen LogP contribution in [-0.2, 0) is 4.79 Å². The molecule has 176 valence electrons. The summed E-state index contributed by atoms with van der Waals surface area (Å²) in [6.07, 6.45) is 2.74. The number of nitrogens with zero attached hydrogens (tertiary/aromatic N) is 2. The molecule has 0 aliphatic rings. The number of carbonyl (C=O) groups is 1. The second kappa shape index (κ2) is 9.82. The van der Waals surface area contributed by atoms with Gasteiger partial charge >= 0.3 is 6.61 Å². The van der Waals surface area contributed by atoms with E-state index >= 15 is 0 Å². The Labute approximate surface area is 192 Å². The summed E-state index contributed by atoms with van der Waals surface area (Å²) in [7, 11) is 0. The van der Waals surface area contributed by atoms with Crippen molar-refractivity contribution in [3.8, 4) is 5.75 Å². The summed E-state index contributed by atoms with van der Waals surface area (Å²) in [6, 6.07) is 13.4. The standard InChI is InChI=1S/C24H21F2N3O5/c1-14(15-5-3-2-4-6-15)28-21(30)11-16(13-29(31)32)17-7-8-19(34-24(25)26)23-22(17)18-9-10-27-12-20(18)33-23/h2-10,12,14,16,24H,11,13H2,1H3,(H,28,30). The predicted molar refractivity (Wildman–Crippen MR) is 120 cm³/mol. The fourth-order valence-electron chi connectivity index (χ4n) is 4.07. The molecule has 2 atom stereocenters. The number of benzene rings is 2. The van der Waals surface area contributed by atoms with Crippen molar-refractivity contribution in [3.05, 3.63) is 82.2 Å². The Hall–Kier alpha value is -4.08. The SMILES string of the molecule is CC(NC(=O)CC(C[N+](=O)[O-])c1ccc(OC(F)F)c2oc3cnccc3c12)c1ccccc1. The van der Waals surface area contributed by atoms with Gasteiger partial charge in [0.15, 0.2) is 16.9 Å². The molecule has 34 heavy (non-hydrogen) atoms. The van der Waals surface area contributed by atoms with Crippen LogP contribution in [0.5, 0.6) is 5.75 Å². The number of furan rings is 1. The van der Waals surface area contributed by atoms with E-state index in [-0.39, 0.29) is 29.7 Å². The molecule has 1 amide bonds. The van der Waals surface area contributed by atoms with E-state index in [1.807, 2.05) is 37.3 Å². The molecule has 8 nitrogen and oxygen atoms in total. The number of carbonyl (C=O) groups excluding carboxylic acids is 1. The topological polar surface area (TPSA) is 108 Å². The van der Waals surface area contributed by atoms with Gasteiger partial charge in [0.05, 0.1) is 18.2 Å². The summed E-state index contributed by atoms with van der Waals surface area (Å²) < 4.78 is 36.2. The molecule has 0 bridgehead atoms. The van der Waals surface area contributed by atoms with Crippen LogP contribution in [0, 0.1) is 10.1 Å². The largest absolute Gasteiger partial charge is 0.451 e. The van der Waals surface area contributed by atoms with Crippen LogP contribution in [0.25, 0.3) is 21.9 Å². The van der Waals surface area contributed by atoms with Crippen LogP contribution < -0.4 is 10.1 Å². The van der Waals surface area contributed by atoms with Crippen molar-refractivity contribution in [2.75, 3.05) is 6.54 Å². The van der Waals surface area contributed by atoms with Crippen LogP contribution in [-0.4, -0.2) is 29.0 Å². The molecule has 0 aliphatic carbocycles. The van der Waals surface area contributed by atoms with Gasteiger partial charge in [-0.1, -0.05) is 36.4 Å². The number of rotatable bonds is 9. The molecule has 10 heteroatoms. The first-order valence-corrected chi connectivity index (χ1v) is 10.5. The molecule has 0 fully saturated rings. The zero-order valence-electron chi connectivity index (χ0n) is 18.1. The van der Waals surface area contributed by atoms with Crippen molar-refractivity contribution in [1.82, 2.24) is 10.3 Å². The van der Waals surface area contributed by atoms with Crippen LogP contribution in [0.2, 0.25) is 0 Å². The van der Waals surface area contributed by atoms with E-state index in [0.717, 1.165) is 5.56 Å². The number of hydrogen-bond donors (Lipinski definition) is 1. The molecule has 2 heterocycles.